The second kappa shape index (κ2) is 17.2. The van der Waals surface area contributed by atoms with Crippen LogP contribution < -0.4 is 15.4 Å². The molecule has 1 heterocycles. The Balaban J connectivity index is 1.88. The number of hydrogen-bond donors (Lipinski definition) is 3. The van der Waals surface area contributed by atoms with E-state index in [1.54, 1.807) is 26.1 Å². The lowest BCUT2D eigenvalue weighted by molar-refractivity contribution is -0.142. The molecule has 0 bridgehead atoms. The van der Waals surface area contributed by atoms with Crippen LogP contribution in [0.5, 0.6) is 5.75 Å². The van der Waals surface area contributed by atoms with Gasteiger partial charge in [-0.2, -0.15) is 13.2 Å². The first-order valence-corrected chi connectivity index (χ1v) is 15.5. The van der Waals surface area contributed by atoms with E-state index >= 15 is 0 Å². The number of nitrogens with one attached hydrogen (secondary N) is 2. The number of benzene rings is 2. The fourth-order valence-corrected chi connectivity index (χ4v) is 5.03. The molecule has 4 amide bonds. The summed E-state index contributed by atoms with van der Waals surface area (Å²) in [6, 6.07) is 12.5. The number of aliphatic hydroxyl groups excluding tert-OH is 1. The molecule has 0 saturated heterocycles. The summed E-state index contributed by atoms with van der Waals surface area (Å²) in [4.78, 5) is 42.4. The number of urea groups is 1. The van der Waals surface area contributed by atoms with E-state index in [9.17, 15) is 32.7 Å². The molecule has 0 spiro atoms. The van der Waals surface area contributed by atoms with Gasteiger partial charge in [-0.3, -0.25) is 9.59 Å². The summed E-state index contributed by atoms with van der Waals surface area (Å²) >= 11 is 0. The summed E-state index contributed by atoms with van der Waals surface area (Å²) in [5.74, 6) is -1.36. The number of anilines is 2. The number of ether oxygens (including phenoxy) is 2. The van der Waals surface area contributed by atoms with Gasteiger partial charge >= 0.3 is 12.2 Å². The second-order valence-electron chi connectivity index (χ2n) is 11.9. The van der Waals surface area contributed by atoms with Crippen LogP contribution in [0.1, 0.15) is 63.2 Å². The molecule has 0 unspecified atom stereocenters. The minimum atomic E-state index is -4.48. The highest BCUT2D eigenvalue weighted by Gasteiger charge is 2.31. The molecule has 0 aliphatic carbocycles. The van der Waals surface area contributed by atoms with Crippen LogP contribution >= 0.6 is 0 Å². The molecule has 13 heteroatoms. The number of hydrogen-bond acceptors (Lipinski definition) is 6. The summed E-state index contributed by atoms with van der Waals surface area (Å²) in [6.07, 6.45) is -5.07. The third kappa shape index (κ3) is 11.5. The maximum atomic E-state index is 14.2. The smallest absolute Gasteiger partial charge is 0.389 e. The fraction of sp³-hybridized carbons (Fsp3) is 0.545. The zero-order chi connectivity index (χ0) is 33.9. The third-order valence-corrected chi connectivity index (χ3v) is 7.80. The van der Waals surface area contributed by atoms with Crippen molar-refractivity contribution in [2.75, 3.05) is 44.0 Å². The number of nitrogens with zero attached hydrogens (tertiary/aromatic N) is 2. The van der Waals surface area contributed by atoms with Crippen LogP contribution in [0.2, 0.25) is 0 Å². The van der Waals surface area contributed by atoms with Crippen LogP contribution in [0.15, 0.2) is 48.5 Å². The summed E-state index contributed by atoms with van der Waals surface area (Å²) < 4.78 is 50.4. The van der Waals surface area contributed by atoms with Crippen LogP contribution in [0.3, 0.4) is 0 Å². The van der Waals surface area contributed by atoms with Crippen molar-refractivity contribution in [2.45, 2.75) is 77.3 Å². The second-order valence-corrected chi connectivity index (χ2v) is 11.9. The highest BCUT2D eigenvalue weighted by molar-refractivity contribution is 5.99. The predicted octanol–water partition coefficient (Wildman–Crippen LogP) is 5.93. The minimum Gasteiger partial charge on any atom is -0.490 e. The van der Waals surface area contributed by atoms with E-state index in [1.807, 2.05) is 32.0 Å². The Kier molecular flexibility index (Phi) is 13.7. The van der Waals surface area contributed by atoms with E-state index in [1.165, 1.54) is 28.0 Å². The fourth-order valence-electron chi connectivity index (χ4n) is 5.03. The van der Waals surface area contributed by atoms with Crippen molar-refractivity contribution in [1.29, 1.82) is 0 Å². The molecule has 0 saturated carbocycles. The number of para-hydroxylation sites is 1. The number of likely N-dealkylation sites (N-methyl/N-ethyl adjacent to an activating group) is 1. The Bertz CT molecular complexity index is 1300. The summed E-state index contributed by atoms with van der Waals surface area (Å²) in [5.41, 5.74) is 0.897. The Morgan fingerprint density at radius 3 is 2.48 bits per heavy atom. The van der Waals surface area contributed by atoms with Gasteiger partial charge in [0.2, 0.25) is 5.91 Å². The van der Waals surface area contributed by atoms with Crippen molar-refractivity contribution in [3.63, 3.8) is 0 Å². The van der Waals surface area contributed by atoms with E-state index in [-0.39, 0.29) is 54.7 Å². The maximum absolute atomic E-state index is 14.2. The highest BCUT2D eigenvalue weighted by Crippen LogP contribution is 2.29. The molecule has 46 heavy (non-hydrogen) atoms. The molecule has 1 aliphatic rings. The van der Waals surface area contributed by atoms with E-state index in [0.29, 0.717) is 18.7 Å². The van der Waals surface area contributed by atoms with Crippen molar-refractivity contribution in [2.24, 2.45) is 5.92 Å². The van der Waals surface area contributed by atoms with Gasteiger partial charge in [0, 0.05) is 50.5 Å². The summed E-state index contributed by atoms with van der Waals surface area (Å²) in [6.45, 7) is 5.94. The Hall–Kier alpha value is -3.84. The summed E-state index contributed by atoms with van der Waals surface area (Å²) in [5, 5.41) is 15.4. The number of fused-ring (bicyclic) bond motifs is 1. The molecule has 10 nitrogen and oxygen atoms in total. The van der Waals surface area contributed by atoms with Crippen LogP contribution in [0.25, 0.3) is 0 Å². The van der Waals surface area contributed by atoms with Crippen molar-refractivity contribution in [3.05, 3.63) is 54.1 Å². The first kappa shape index (κ1) is 36.6. The quantitative estimate of drug-likeness (QED) is 0.326. The molecule has 0 radical (unpaired) electrons. The number of carbonyl (C=O) groups is 3. The molecule has 3 rings (SSSR count). The molecular weight excluding hydrogens is 605 g/mol. The van der Waals surface area contributed by atoms with Crippen molar-refractivity contribution in [3.8, 4) is 5.75 Å². The highest BCUT2D eigenvalue weighted by atomic mass is 19.4. The van der Waals surface area contributed by atoms with Gasteiger partial charge in [-0.05, 0) is 63.4 Å². The van der Waals surface area contributed by atoms with Gasteiger partial charge in [0.05, 0.1) is 36.8 Å². The van der Waals surface area contributed by atoms with Gasteiger partial charge in [-0.1, -0.05) is 25.1 Å². The Morgan fingerprint density at radius 2 is 1.80 bits per heavy atom. The normalized spacial score (nSPS) is 20.5. The van der Waals surface area contributed by atoms with Crippen LogP contribution in [0, 0.1) is 5.92 Å². The number of alkyl halides is 3. The van der Waals surface area contributed by atoms with Gasteiger partial charge in [0.25, 0.3) is 5.91 Å². The van der Waals surface area contributed by atoms with Crippen LogP contribution in [-0.4, -0.2) is 90.5 Å². The average Bonchev–Trinajstić information content (AvgIpc) is 3.01. The van der Waals surface area contributed by atoms with E-state index < -0.39 is 43.0 Å². The average molecular weight is 651 g/mol. The largest absolute Gasteiger partial charge is 0.490 e. The Labute approximate surface area is 268 Å². The molecule has 3 N–H and O–H groups in total. The van der Waals surface area contributed by atoms with Gasteiger partial charge in [0.1, 0.15) is 5.75 Å². The van der Waals surface area contributed by atoms with Gasteiger partial charge < -0.3 is 35.0 Å². The zero-order valence-electron chi connectivity index (χ0n) is 26.8. The molecule has 1 aliphatic heterocycles. The molecule has 254 valence electrons. The van der Waals surface area contributed by atoms with Gasteiger partial charge in [-0.25, -0.2) is 4.79 Å². The first-order chi connectivity index (χ1) is 21.8. The summed E-state index contributed by atoms with van der Waals surface area (Å²) in [7, 11) is 1.67. The van der Waals surface area contributed by atoms with Crippen LogP contribution in [-0.2, 0) is 9.53 Å². The number of halogens is 3. The first-order valence-electron chi connectivity index (χ1n) is 15.5. The monoisotopic (exact) mass is 650 g/mol. The zero-order valence-corrected chi connectivity index (χ0v) is 26.8. The Morgan fingerprint density at radius 1 is 1.09 bits per heavy atom. The number of aliphatic hydroxyl groups is 1. The molecule has 0 aromatic heterocycles. The van der Waals surface area contributed by atoms with Crippen LogP contribution in [0.4, 0.5) is 29.3 Å². The molecule has 4 atom stereocenters. The van der Waals surface area contributed by atoms with E-state index in [2.05, 4.69) is 10.6 Å². The third-order valence-electron chi connectivity index (χ3n) is 7.80. The SMILES string of the molecule is C[C@H]1CCCCO[C@@H](CN(C)C(=O)Nc2ccccc2)[C@@H](C)CN([C@@H](C)CO)C(=O)c2cc(NC(=O)CCC(F)(F)F)ccc2O1. The predicted molar refractivity (Wildman–Crippen MR) is 169 cm³/mol. The molecule has 2 aromatic carbocycles. The standard InChI is InChI=1S/C33H45F3N4O6/c1-22-19-40(23(2)21-41)31(43)27-18-26(37-30(42)15-16-33(34,35)36)13-14-28(27)46-24(3)10-8-9-17-45-29(22)20-39(4)32(44)38-25-11-6-5-7-12-25/h5-7,11-14,18,22-24,29,41H,8-10,15-17,19-21H2,1-4H3,(H,37,42)(H,38,44)/t22-,23-,24-,29-/m0/s1. The van der Waals surface area contributed by atoms with Crippen molar-refractivity contribution in [1.82, 2.24) is 9.80 Å². The van der Waals surface area contributed by atoms with Crippen molar-refractivity contribution < 1.29 is 42.1 Å². The van der Waals surface area contributed by atoms with Crippen molar-refractivity contribution >= 4 is 29.2 Å². The topological polar surface area (TPSA) is 120 Å². The lowest BCUT2D eigenvalue weighted by Gasteiger charge is -2.35. The van der Waals surface area contributed by atoms with Gasteiger partial charge in [0.15, 0.2) is 0 Å². The minimum absolute atomic E-state index is 0.0989. The van der Waals surface area contributed by atoms with E-state index in [0.717, 1.165) is 12.8 Å². The number of carbonyl (C=O) groups excluding carboxylic acids is 3. The molecule has 2 aromatic rings. The lowest BCUT2D eigenvalue weighted by atomic mass is 10.0. The van der Waals surface area contributed by atoms with Gasteiger partial charge in [-0.15, -0.1) is 0 Å². The number of amides is 4. The number of rotatable bonds is 8. The van der Waals surface area contributed by atoms with E-state index in [4.69, 9.17) is 9.47 Å². The lowest BCUT2D eigenvalue weighted by Crippen LogP contribution is -2.48. The molecular formula is C33H45F3N4O6. The maximum Gasteiger partial charge on any atom is 0.389 e. The molecule has 0 fully saturated rings.